The number of benzene rings is 1. The number of carbonyl (C=O) groups excluding carboxylic acids is 2. The first-order valence-electron chi connectivity index (χ1n) is 13.9. The highest BCUT2D eigenvalue weighted by molar-refractivity contribution is 6.17. The maximum absolute atomic E-state index is 12.7. The van der Waals surface area contributed by atoms with Crippen LogP contribution in [0.15, 0.2) is 63.1 Å². The van der Waals surface area contributed by atoms with Crippen molar-refractivity contribution in [3.63, 3.8) is 0 Å². The smallest absolute Gasteiger partial charge is 0.207 e. The lowest BCUT2D eigenvalue weighted by Crippen LogP contribution is -2.34. The average molecular weight is 584 g/mol. The Morgan fingerprint density at radius 3 is 2.61 bits per heavy atom. The lowest BCUT2D eigenvalue weighted by molar-refractivity contribution is -0.109. The molecule has 1 amide bonds. The van der Waals surface area contributed by atoms with E-state index in [2.05, 4.69) is 45.4 Å². The number of allylic oxidation sites excluding steroid dienone is 3. The van der Waals surface area contributed by atoms with Gasteiger partial charge in [0.05, 0.1) is 24.6 Å². The molecule has 0 unspecified atom stereocenters. The Kier molecular flexibility index (Phi) is 15.9. The van der Waals surface area contributed by atoms with Gasteiger partial charge in [0.25, 0.3) is 0 Å². The molecule has 0 atom stereocenters. The summed E-state index contributed by atoms with van der Waals surface area (Å²) >= 11 is 5.30. The van der Waals surface area contributed by atoms with E-state index in [1.54, 1.807) is 13.1 Å². The molecule has 0 bridgehead atoms. The van der Waals surface area contributed by atoms with E-state index in [0.29, 0.717) is 57.1 Å². The van der Waals surface area contributed by atoms with Crippen LogP contribution in [0.3, 0.4) is 0 Å². The molecule has 222 valence electrons. The van der Waals surface area contributed by atoms with E-state index < -0.39 is 0 Å². The molecule has 0 aliphatic carbocycles. The van der Waals surface area contributed by atoms with Crippen LogP contribution in [0, 0.1) is 6.92 Å². The standard InChI is InChI=1S/C27H33N5O4.C4H9Cl/c1-20-7-4-8-21(17-20)22(31-29-3)9-5-10-24(32-13-15-35-16-14-32)27-23(28-2)18-26(36-27)25(34)11-6-12-30-19-33;1-2-3-4-5/h4-5,7-10,17-19,29H,2,6,11-16H2,1,3H3,(H,30,33);2-4H2,1H3/b9-5-,24-10+,31-22+;. The summed E-state index contributed by atoms with van der Waals surface area (Å²) in [5.41, 5.74) is 7.06. The largest absolute Gasteiger partial charge is 0.449 e. The number of carbonyl (C=O) groups is 2. The zero-order valence-electron chi connectivity index (χ0n) is 24.3. The second-order valence-electron chi connectivity index (χ2n) is 9.22. The minimum Gasteiger partial charge on any atom is -0.449 e. The number of hydrogen-bond donors (Lipinski definition) is 2. The number of ketones is 1. The molecule has 2 N–H and O–H groups in total. The molecule has 0 spiro atoms. The van der Waals surface area contributed by atoms with Crippen LogP contribution in [0.5, 0.6) is 0 Å². The van der Waals surface area contributed by atoms with E-state index >= 15 is 0 Å². The topological polar surface area (TPSA) is 109 Å². The van der Waals surface area contributed by atoms with Gasteiger partial charge in [-0.05, 0) is 44.7 Å². The van der Waals surface area contributed by atoms with Gasteiger partial charge in [-0.3, -0.25) is 14.6 Å². The summed E-state index contributed by atoms with van der Waals surface area (Å²) in [6, 6.07) is 9.74. The van der Waals surface area contributed by atoms with E-state index in [1.165, 1.54) is 6.42 Å². The lowest BCUT2D eigenvalue weighted by atomic mass is 10.1. The van der Waals surface area contributed by atoms with Crippen LogP contribution < -0.4 is 10.7 Å². The quantitative estimate of drug-likeness (QED) is 0.0544. The molecule has 10 heteroatoms. The number of aliphatic imine (C=N–C) groups is 1. The molecule has 1 saturated heterocycles. The molecule has 0 radical (unpaired) electrons. The molecule has 1 aromatic carbocycles. The molecular formula is C31H42ClN5O4. The number of rotatable bonds is 15. The number of ether oxygens (including phenoxy) is 1. The third-order valence-corrected chi connectivity index (χ3v) is 6.36. The van der Waals surface area contributed by atoms with Crippen molar-refractivity contribution >= 4 is 47.6 Å². The van der Waals surface area contributed by atoms with Crippen molar-refractivity contribution in [2.45, 2.75) is 39.5 Å². The monoisotopic (exact) mass is 583 g/mol. The molecule has 1 aromatic heterocycles. The highest BCUT2D eigenvalue weighted by atomic mass is 35.5. The average Bonchev–Trinajstić information content (AvgIpc) is 3.42. The summed E-state index contributed by atoms with van der Waals surface area (Å²) < 4.78 is 11.6. The highest BCUT2D eigenvalue weighted by Crippen LogP contribution is 2.33. The first-order chi connectivity index (χ1) is 20.0. The Hall–Kier alpha value is -3.69. The molecule has 1 fully saturated rings. The predicted molar refractivity (Wildman–Crippen MR) is 167 cm³/mol. The van der Waals surface area contributed by atoms with Crippen LogP contribution in [0.25, 0.3) is 5.70 Å². The van der Waals surface area contributed by atoms with E-state index in [0.717, 1.165) is 34.8 Å². The summed E-state index contributed by atoms with van der Waals surface area (Å²) in [6.07, 6.45) is 9.51. The van der Waals surface area contributed by atoms with Crippen molar-refractivity contribution < 1.29 is 18.7 Å². The third kappa shape index (κ3) is 11.4. The van der Waals surface area contributed by atoms with Crippen LogP contribution in [0.1, 0.15) is 60.0 Å². The minimum absolute atomic E-state index is 0.154. The highest BCUT2D eigenvalue weighted by Gasteiger charge is 2.23. The number of hydrogen-bond acceptors (Lipinski definition) is 8. The molecule has 9 nitrogen and oxygen atoms in total. The van der Waals surface area contributed by atoms with Gasteiger partial charge < -0.3 is 24.8 Å². The van der Waals surface area contributed by atoms with Gasteiger partial charge in [-0.2, -0.15) is 5.10 Å². The summed E-state index contributed by atoms with van der Waals surface area (Å²) in [5, 5.41) is 6.97. The van der Waals surface area contributed by atoms with Crippen molar-refractivity contribution in [1.82, 2.24) is 15.6 Å². The van der Waals surface area contributed by atoms with Gasteiger partial charge in [0.15, 0.2) is 17.3 Å². The second kappa shape index (κ2) is 19.4. The SMILES string of the molecule is C=Nc1cc(C(=O)CCCNC=O)oc1\C(=C/C=C\C(=N/NC)c1cccc(C)c1)N1CCOCC1.CCCCCl. The Bertz CT molecular complexity index is 1200. The maximum atomic E-state index is 12.7. The number of aryl methyl sites for hydroxylation is 1. The summed E-state index contributed by atoms with van der Waals surface area (Å²) in [7, 11) is 1.76. The van der Waals surface area contributed by atoms with Crippen molar-refractivity contribution in [2.75, 3.05) is 45.8 Å². The van der Waals surface area contributed by atoms with Gasteiger partial charge in [-0.15, -0.1) is 11.6 Å². The minimum atomic E-state index is -0.154. The van der Waals surface area contributed by atoms with E-state index in [1.807, 2.05) is 43.4 Å². The fraction of sp³-hybridized carbons (Fsp3) is 0.419. The Balaban J connectivity index is 0.00000108. The van der Waals surface area contributed by atoms with Gasteiger partial charge in [0.1, 0.15) is 5.69 Å². The number of furan rings is 1. The number of amides is 1. The molecule has 1 aliphatic heterocycles. The maximum Gasteiger partial charge on any atom is 0.207 e. The van der Waals surface area contributed by atoms with Crippen LogP contribution in [-0.4, -0.2) is 75.3 Å². The molecule has 41 heavy (non-hydrogen) atoms. The van der Waals surface area contributed by atoms with Crippen LogP contribution >= 0.6 is 11.6 Å². The van der Waals surface area contributed by atoms with Crippen molar-refractivity contribution in [3.05, 3.63) is 71.2 Å². The normalized spacial score (nSPS) is 13.9. The molecular weight excluding hydrogens is 542 g/mol. The first kappa shape index (κ1) is 33.5. The zero-order valence-corrected chi connectivity index (χ0v) is 25.1. The molecule has 2 heterocycles. The van der Waals surface area contributed by atoms with Crippen molar-refractivity contribution in [3.8, 4) is 0 Å². The summed E-state index contributed by atoms with van der Waals surface area (Å²) in [5.74, 6) is 1.36. The predicted octanol–water partition coefficient (Wildman–Crippen LogP) is 5.51. The number of unbranched alkanes of at least 4 members (excludes halogenated alkanes) is 1. The zero-order chi connectivity index (χ0) is 29.9. The van der Waals surface area contributed by atoms with E-state index in [9.17, 15) is 9.59 Å². The van der Waals surface area contributed by atoms with E-state index in [-0.39, 0.29) is 18.0 Å². The van der Waals surface area contributed by atoms with Gasteiger partial charge in [-0.1, -0.05) is 43.2 Å². The second-order valence-corrected chi connectivity index (χ2v) is 9.60. The van der Waals surface area contributed by atoms with Crippen LogP contribution in [-0.2, 0) is 9.53 Å². The Labute approximate surface area is 248 Å². The van der Waals surface area contributed by atoms with Crippen LogP contribution in [0.2, 0.25) is 0 Å². The number of nitrogens with zero attached hydrogens (tertiary/aromatic N) is 3. The van der Waals surface area contributed by atoms with Crippen molar-refractivity contribution in [1.29, 1.82) is 0 Å². The first-order valence-corrected chi connectivity index (χ1v) is 14.4. The van der Waals surface area contributed by atoms with E-state index in [4.69, 9.17) is 20.8 Å². The molecule has 1 aliphatic rings. The van der Waals surface area contributed by atoms with Gasteiger partial charge in [0.2, 0.25) is 6.41 Å². The molecule has 3 rings (SSSR count). The van der Waals surface area contributed by atoms with Gasteiger partial charge in [-0.25, -0.2) is 0 Å². The number of nitrogens with one attached hydrogen (secondary N) is 2. The Morgan fingerprint density at radius 1 is 1.22 bits per heavy atom. The number of halogens is 1. The lowest BCUT2D eigenvalue weighted by Gasteiger charge is -2.30. The molecule has 2 aromatic rings. The summed E-state index contributed by atoms with van der Waals surface area (Å²) in [6.45, 7) is 10.8. The van der Waals surface area contributed by atoms with Crippen LogP contribution in [0.4, 0.5) is 5.69 Å². The number of Topliss-reactive ketones (excluding diaryl/α,β-unsaturated/α-hetero) is 1. The number of morpholine rings is 1. The van der Waals surface area contributed by atoms with Crippen molar-refractivity contribution in [2.24, 2.45) is 10.1 Å². The number of hydrazone groups is 1. The molecule has 0 saturated carbocycles. The van der Waals surface area contributed by atoms with Gasteiger partial charge in [0, 0.05) is 50.6 Å². The summed E-state index contributed by atoms with van der Waals surface area (Å²) in [4.78, 5) is 29.4. The fourth-order valence-corrected chi connectivity index (χ4v) is 4.24. The Morgan fingerprint density at radius 2 is 2.00 bits per heavy atom. The number of alkyl halides is 1. The fourth-order valence-electron chi connectivity index (χ4n) is 3.97. The van der Waals surface area contributed by atoms with Gasteiger partial charge >= 0.3 is 0 Å². The third-order valence-electron chi connectivity index (χ3n) is 6.09.